The van der Waals surface area contributed by atoms with Crippen LogP contribution in [0.5, 0.6) is 0 Å². The van der Waals surface area contributed by atoms with Crippen molar-refractivity contribution in [2.45, 2.75) is 39.8 Å². The first kappa shape index (κ1) is 13.6. The van der Waals surface area contributed by atoms with Gasteiger partial charge in [-0.3, -0.25) is 0 Å². The van der Waals surface area contributed by atoms with Gasteiger partial charge in [-0.2, -0.15) is 0 Å². The van der Waals surface area contributed by atoms with Gasteiger partial charge in [-0.05, 0) is 51.8 Å². The van der Waals surface area contributed by atoms with Crippen molar-refractivity contribution >= 4 is 0 Å². The van der Waals surface area contributed by atoms with Crippen LogP contribution in [0.3, 0.4) is 0 Å². The molecule has 1 fully saturated rings. The lowest BCUT2D eigenvalue weighted by molar-refractivity contribution is 0.264. The van der Waals surface area contributed by atoms with Gasteiger partial charge in [-0.1, -0.05) is 29.8 Å². The fraction of sp³-hybridized carbons (Fsp3) is 0.625. The zero-order valence-corrected chi connectivity index (χ0v) is 11.9. The molecule has 0 aliphatic carbocycles. The molecule has 0 spiro atoms. The summed E-state index contributed by atoms with van der Waals surface area (Å²) in [6.07, 6.45) is 1.35. The average Bonchev–Trinajstić information content (AvgIpc) is 2.78. The second-order valence-corrected chi connectivity index (χ2v) is 5.86. The van der Waals surface area contributed by atoms with Crippen LogP contribution >= 0.6 is 0 Å². The molecule has 2 rings (SSSR count). The lowest BCUT2D eigenvalue weighted by Crippen LogP contribution is -2.30. The van der Waals surface area contributed by atoms with Gasteiger partial charge in [0.1, 0.15) is 0 Å². The third-order valence-corrected chi connectivity index (χ3v) is 3.89. The Hall–Kier alpha value is -0.860. The highest BCUT2D eigenvalue weighted by Crippen LogP contribution is 2.17. The average molecular weight is 246 g/mol. The molecule has 1 aliphatic heterocycles. The Morgan fingerprint density at radius 3 is 2.89 bits per heavy atom. The number of hydrogen-bond acceptors (Lipinski definition) is 2. The molecule has 1 saturated heterocycles. The Labute approximate surface area is 111 Å². The SMILES string of the molecule is Cc1cccc(CNCC2CCN(C(C)C)C2)c1. The first-order valence-corrected chi connectivity index (χ1v) is 7.15. The van der Waals surface area contributed by atoms with E-state index in [1.54, 1.807) is 0 Å². The minimum absolute atomic E-state index is 0.701. The molecule has 0 aromatic heterocycles. The van der Waals surface area contributed by atoms with Crippen molar-refractivity contribution in [3.8, 4) is 0 Å². The predicted molar refractivity (Wildman–Crippen MR) is 77.7 cm³/mol. The summed E-state index contributed by atoms with van der Waals surface area (Å²) in [5.41, 5.74) is 2.75. The van der Waals surface area contributed by atoms with Crippen molar-refractivity contribution in [3.63, 3.8) is 0 Å². The van der Waals surface area contributed by atoms with Crippen LogP contribution in [0.1, 0.15) is 31.4 Å². The zero-order chi connectivity index (χ0) is 13.0. The summed E-state index contributed by atoms with van der Waals surface area (Å²) < 4.78 is 0. The van der Waals surface area contributed by atoms with Crippen molar-refractivity contribution in [2.24, 2.45) is 5.92 Å². The lowest BCUT2D eigenvalue weighted by atomic mass is 10.1. The minimum Gasteiger partial charge on any atom is -0.312 e. The first-order chi connectivity index (χ1) is 8.65. The highest BCUT2D eigenvalue weighted by molar-refractivity contribution is 5.21. The van der Waals surface area contributed by atoms with Crippen LogP contribution in [0.15, 0.2) is 24.3 Å². The lowest BCUT2D eigenvalue weighted by Gasteiger charge is -2.20. The van der Waals surface area contributed by atoms with Crippen LogP contribution in [0.25, 0.3) is 0 Å². The van der Waals surface area contributed by atoms with Crippen molar-refractivity contribution in [3.05, 3.63) is 35.4 Å². The van der Waals surface area contributed by atoms with E-state index in [0.717, 1.165) is 19.0 Å². The molecule has 1 unspecified atom stereocenters. The molecule has 1 aromatic carbocycles. The number of rotatable bonds is 5. The Kier molecular flexibility index (Phi) is 4.79. The van der Waals surface area contributed by atoms with E-state index in [9.17, 15) is 0 Å². The van der Waals surface area contributed by atoms with E-state index < -0.39 is 0 Å². The molecule has 0 amide bonds. The van der Waals surface area contributed by atoms with E-state index in [2.05, 4.69) is 55.3 Å². The van der Waals surface area contributed by atoms with Gasteiger partial charge < -0.3 is 10.2 Å². The number of aryl methyl sites for hydroxylation is 1. The van der Waals surface area contributed by atoms with E-state index in [0.29, 0.717) is 6.04 Å². The molecule has 1 N–H and O–H groups in total. The normalized spacial score (nSPS) is 20.8. The van der Waals surface area contributed by atoms with Crippen LogP contribution in [-0.2, 0) is 6.54 Å². The Morgan fingerprint density at radius 1 is 1.39 bits per heavy atom. The fourth-order valence-corrected chi connectivity index (χ4v) is 2.74. The van der Waals surface area contributed by atoms with E-state index >= 15 is 0 Å². The Bertz CT molecular complexity index is 373. The highest BCUT2D eigenvalue weighted by Gasteiger charge is 2.23. The number of nitrogens with zero attached hydrogens (tertiary/aromatic N) is 1. The Morgan fingerprint density at radius 2 is 2.22 bits per heavy atom. The minimum atomic E-state index is 0.701. The summed E-state index contributed by atoms with van der Waals surface area (Å²) in [5.74, 6) is 0.831. The number of benzene rings is 1. The molecule has 18 heavy (non-hydrogen) atoms. The van der Waals surface area contributed by atoms with E-state index in [-0.39, 0.29) is 0 Å². The summed E-state index contributed by atoms with van der Waals surface area (Å²) >= 11 is 0. The van der Waals surface area contributed by atoms with E-state index in [1.165, 1.54) is 30.6 Å². The molecule has 2 heteroatoms. The number of likely N-dealkylation sites (tertiary alicyclic amines) is 1. The third kappa shape index (κ3) is 3.82. The summed E-state index contributed by atoms with van der Waals surface area (Å²) in [7, 11) is 0. The van der Waals surface area contributed by atoms with E-state index in [4.69, 9.17) is 0 Å². The topological polar surface area (TPSA) is 15.3 Å². The van der Waals surface area contributed by atoms with Crippen molar-refractivity contribution < 1.29 is 0 Å². The van der Waals surface area contributed by atoms with Crippen LogP contribution in [0.4, 0.5) is 0 Å². The third-order valence-electron chi connectivity index (χ3n) is 3.89. The zero-order valence-electron chi connectivity index (χ0n) is 11.9. The maximum absolute atomic E-state index is 3.60. The number of hydrogen-bond donors (Lipinski definition) is 1. The van der Waals surface area contributed by atoms with Gasteiger partial charge in [0.25, 0.3) is 0 Å². The molecule has 0 saturated carbocycles. The second-order valence-electron chi connectivity index (χ2n) is 5.86. The standard InChI is InChI=1S/C16H26N2/c1-13(2)18-8-7-16(12-18)11-17-10-15-6-4-5-14(3)9-15/h4-6,9,13,16-17H,7-8,10-12H2,1-3H3. The molecular formula is C16H26N2. The van der Waals surface area contributed by atoms with Crippen LogP contribution in [-0.4, -0.2) is 30.6 Å². The smallest absolute Gasteiger partial charge is 0.0205 e. The van der Waals surface area contributed by atoms with Crippen molar-refractivity contribution in [2.75, 3.05) is 19.6 Å². The van der Waals surface area contributed by atoms with Crippen molar-refractivity contribution in [1.82, 2.24) is 10.2 Å². The van der Waals surface area contributed by atoms with Crippen LogP contribution in [0.2, 0.25) is 0 Å². The molecule has 1 aliphatic rings. The molecule has 1 atom stereocenters. The van der Waals surface area contributed by atoms with Crippen LogP contribution in [0, 0.1) is 12.8 Å². The van der Waals surface area contributed by atoms with E-state index in [1.807, 2.05) is 0 Å². The molecule has 2 nitrogen and oxygen atoms in total. The quantitative estimate of drug-likeness (QED) is 0.859. The van der Waals surface area contributed by atoms with Crippen LogP contribution < -0.4 is 5.32 Å². The van der Waals surface area contributed by atoms with Gasteiger partial charge in [-0.25, -0.2) is 0 Å². The molecular weight excluding hydrogens is 220 g/mol. The van der Waals surface area contributed by atoms with Gasteiger partial charge in [-0.15, -0.1) is 0 Å². The molecule has 1 aromatic rings. The highest BCUT2D eigenvalue weighted by atomic mass is 15.2. The number of nitrogens with one attached hydrogen (secondary N) is 1. The predicted octanol–water partition coefficient (Wildman–Crippen LogP) is 2.81. The summed E-state index contributed by atoms with van der Waals surface area (Å²) in [6, 6.07) is 9.47. The van der Waals surface area contributed by atoms with Gasteiger partial charge in [0.05, 0.1) is 0 Å². The molecule has 0 bridgehead atoms. The molecule has 0 radical (unpaired) electrons. The summed E-state index contributed by atoms with van der Waals surface area (Å²) in [5, 5.41) is 3.60. The van der Waals surface area contributed by atoms with Gasteiger partial charge in [0.15, 0.2) is 0 Å². The van der Waals surface area contributed by atoms with Gasteiger partial charge in [0, 0.05) is 19.1 Å². The summed E-state index contributed by atoms with van der Waals surface area (Å²) in [4.78, 5) is 2.58. The molecule has 100 valence electrons. The monoisotopic (exact) mass is 246 g/mol. The van der Waals surface area contributed by atoms with Crippen molar-refractivity contribution in [1.29, 1.82) is 0 Å². The summed E-state index contributed by atoms with van der Waals surface area (Å²) in [6.45, 7) is 11.4. The van der Waals surface area contributed by atoms with Gasteiger partial charge >= 0.3 is 0 Å². The molecule has 1 heterocycles. The fourth-order valence-electron chi connectivity index (χ4n) is 2.74. The maximum atomic E-state index is 3.60. The van der Waals surface area contributed by atoms with Gasteiger partial charge in [0.2, 0.25) is 0 Å². The maximum Gasteiger partial charge on any atom is 0.0205 e. The Balaban J connectivity index is 1.70. The first-order valence-electron chi connectivity index (χ1n) is 7.15. The largest absolute Gasteiger partial charge is 0.312 e. The second kappa shape index (κ2) is 6.35.